The summed E-state index contributed by atoms with van der Waals surface area (Å²) in [5.74, 6) is 0.0908. The molecule has 10 nitrogen and oxygen atoms in total. The van der Waals surface area contributed by atoms with Gasteiger partial charge in [-0.05, 0) is 139 Å². The van der Waals surface area contributed by atoms with Crippen molar-refractivity contribution < 1.29 is 47.6 Å². The second-order valence-electron chi connectivity index (χ2n) is 23.0. The molecule has 0 atom stereocenters. The molecular weight excluding hydrogens is 1070 g/mol. The quantitative estimate of drug-likeness (QED) is 0.0207. The van der Waals surface area contributed by atoms with E-state index in [-0.39, 0.29) is 33.9 Å². The molecule has 0 unspecified atom stereocenters. The molecule has 0 saturated carbocycles. The van der Waals surface area contributed by atoms with Gasteiger partial charge < -0.3 is 28.4 Å². The highest BCUT2D eigenvalue weighted by Gasteiger charge is 2.16. The molecule has 0 aliphatic rings. The Bertz CT molecular complexity index is 2800. The molecule has 6 rings (SSSR count). The van der Waals surface area contributed by atoms with Crippen LogP contribution in [0.5, 0.6) is 34.5 Å². The van der Waals surface area contributed by atoms with Crippen molar-refractivity contribution >= 4 is 23.9 Å². The van der Waals surface area contributed by atoms with Gasteiger partial charge in [-0.25, -0.2) is 19.2 Å². The minimum atomic E-state index is -0.689. The number of hydrogen-bond donors (Lipinski definition) is 0. The highest BCUT2D eigenvalue weighted by atomic mass is 16.5. The van der Waals surface area contributed by atoms with Crippen molar-refractivity contribution in [2.24, 2.45) is 0 Å². The molecule has 0 N–H and O–H groups in total. The summed E-state index contributed by atoms with van der Waals surface area (Å²) in [5, 5.41) is 0. The summed E-state index contributed by atoms with van der Waals surface area (Å²) < 4.78 is 34.3. The van der Waals surface area contributed by atoms with E-state index in [0.29, 0.717) is 24.5 Å². The van der Waals surface area contributed by atoms with Crippen LogP contribution in [0.25, 0.3) is 11.1 Å². The largest absolute Gasteiger partial charge is 0.494 e. The fourth-order valence-electron chi connectivity index (χ4n) is 10.5. The zero-order chi connectivity index (χ0) is 60.5. The Hall–Kier alpha value is -7.20. The van der Waals surface area contributed by atoms with Gasteiger partial charge in [0.1, 0.15) is 34.5 Å². The van der Waals surface area contributed by atoms with Crippen molar-refractivity contribution in [1.82, 2.24) is 0 Å². The zero-order valence-corrected chi connectivity index (χ0v) is 52.0. The van der Waals surface area contributed by atoms with E-state index in [1.165, 1.54) is 247 Å². The molecule has 0 bridgehead atoms. The number of ether oxygens (including phenoxy) is 6. The first kappa shape index (κ1) is 67.9. The summed E-state index contributed by atoms with van der Waals surface area (Å²) in [7, 11) is 0. The van der Waals surface area contributed by atoms with Gasteiger partial charge >= 0.3 is 23.9 Å². The average Bonchev–Trinajstić information content (AvgIpc) is 3.68. The van der Waals surface area contributed by atoms with E-state index in [2.05, 4.69) is 13.8 Å². The molecular formula is C76H98O10. The predicted molar refractivity (Wildman–Crippen MR) is 348 cm³/mol. The van der Waals surface area contributed by atoms with Crippen molar-refractivity contribution in [3.8, 4) is 45.6 Å². The minimum absolute atomic E-state index is 0.126. The molecule has 6 aromatic rings. The zero-order valence-electron chi connectivity index (χ0n) is 52.0. The number of benzene rings is 6. The maximum atomic E-state index is 13.1. The lowest BCUT2D eigenvalue weighted by atomic mass is 10.0. The summed E-state index contributed by atoms with van der Waals surface area (Å²) in [6.45, 7) is 5.92. The van der Waals surface area contributed by atoms with Crippen LogP contribution in [0, 0.1) is 0 Å². The van der Waals surface area contributed by atoms with Crippen LogP contribution in [0.4, 0.5) is 0 Å². The van der Waals surface area contributed by atoms with Crippen molar-refractivity contribution in [3.05, 3.63) is 168 Å². The Kier molecular flexibility index (Phi) is 33.0. The van der Waals surface area contributed by atoms with E-state index in [0.717, 1.165) is 41.9 Å². The smallest absolute Gasteiger partial charge is 0.343 e. The van der Waals surface area contributed by atoms with Gasteiger partial charge in [-0.15, -0.1) is 0 Å². The number of esters is 4. The second-order valence-corrected chi connectivity index (χ2v) is 23.0. The molecule has 0 amide bonds. The predicted octanol–water partition coefficient (Wildman–Crippen LogP) is 21.5. The number of carbonyl (C=O) groups is 4. The van der Waals surface area contributed by atoms with E-state index in [4.69, 9.17) is 28.4 Å². The highest BCUT2D eigenvalue weighted by molar-refractivity contribution is 5.95. The van der Waals surface area contributed by atoms with Crippen LogP contribution in [0.2, 0.25) is 0 Å². The first-order valence-electron chi connectivity index (χ1n) is 33.0. The van der Waals surface area contributed by atoms with Gasteiger partial charge in [0.25, 0.3) is 0 Å². The van der Waals surface area contributed by atoms with Crippen molar-refractivity contribution in [3.63, 3.8) is 0 Å². The Morgan fingerprint density at radius 3 is 0.826 bits per heavy atom. The molecule has 10 heteroatoms. The summed E-state index contributed by atoms with van der Waals surface area (Å²) >= 11 is 0. The van der Waals surface area contributed by atoms with Gasteiger partial charge in [-0.3, -0.25) is 0 Å². The SMILES string of the molecule is CCCCCCCCCCCCCCCCCCOc1ccc(OC(=O)c2ccc(OC(=O)c3cccc(OC(=O)c4ccc(OC(=O)c5ccc(-c6ccc(OCCCCCCCCCCCCCCCCCC)cc6)cc5)cc4)c3)cc2)cc1. The van der Waals surface area contributed by atoms with E-state index >= 15 is 0 Å². The third-order valence-corrected chi connectivity index (χ3v) is 15.8. The molecule has 0 aliphatic carbocycles. The van der Waals surface area contributed by atoms with Crippen LogP contribution < -0.4 is 28.4 Å². The third-order valence-electron chi connectivity index (χ3n) is 15.8. The van der Waals surface area contributed by atoms with Crippen LogP contribution in [0.15, 0.2) is 146 Å². The number of hydrogen-bond acceptors (Lipinski definition) is 10. The standard InChI is InChI=1S/C76H98O10/c1-3-5-7-9-11-13-15-17-19-21-23-25-27-29-31-33-58-81-67-48-42-62(43-49-67)61-38-40-63(41-39-61)73(77)83-69-50-46-65(47-51-69)75(79)86-72-37-35-36-66(60-72)76(80)85-70-52-44-64(45-53-70)74(78)84-71-56-54-68(55-57-71)82-59-34-32-30-28-26-24-22-20-18-16-14-12-10-8-6-4-2/h35-57,60H,3-34,58-59H2,1-2H3. The van der Waals surface area contributed by atoms with Gasteiger partial charge in [0.15, 0.2) is 0 Å². The molecule has 86 heavy (non-hydrogen) atoms. The highest BCUT2D eigenvalue weighted by Crippen LogP contribution is 2.27. The number of carbonyl (C=O) groups excluding carboxylic acids is 4. The van der Waals surface area contributed by atoms with Crippen LogP contribution in [-0.2, 0) is 0 Å². The van der Waals surface area contributed by atoms with Gasteiger partial charge in [0, 0.05) is 0 Å². The molecule has 0 heterocycles. The van der Waals surface area contributed by atoms with Crippen LogP contribution in [-0.4, -0.2) is 37.1 Å². The summed E-state index contributed by atoms with van der Waals surface area (Å²) in [6.07, 6.45) is 42.8. The third kappa shape index (κ3) is 27.4. The Balaban J connectivity index is 0.807. The molecule has 0 radical (unpaired) electrons. The van der Waals surface area contributed by atoms with Gasteiger partial charge in [0.2, 0.25) is 0 Å². The molecule has 0 fully saturated rings. The number of rotatable bonds is 45. The van der Waals surface area contributed by atoms with Gasteiger partial charge in [-0.2, -0.15) is 0 Å². The number of unbranched alkanes of at least 4 members (excludes halogenated alkanes) is 30. The molecule has 462 valence electrons. The molecule has 0 aromatic heterocycles. The lowest BCUT2D eigenvalue weighted by Crippen LogP contribution is -2.12. The van der Waals surface area contributed by atoms with E-state index in [1.807, 2.05) is 36.4 Å². The molecule has 0 saturated heterocycles. The monoisotopic (exact) mass is 1170 g/mol. The lowest BCUT2D eigenvalue weighted by Gasteiger charge is -2.09. The normalized spacial score (nSPS) is 11.0. The van der Waals surface area contributed by atoms with Crippen molar-refractivity contribution in [1.29, 1.82) is 0 Å². The fourth-order valence-corrected chi connectivity index (χ4v) is 10.5. The maximum Gasteiger partial charge on any atom is 0.343 e. The van der Waals surface area contributed by atoms with Crippen LogP contribution >= 0.6 is 0 Å². The van der Waals surface area contributed by atoms with Crippen molar-refractivity contribution in [2.45, 2.75) is 219 Å². The van der Waals surface area contributed by atoms with Crippen molar-refractivity contribution in [2.75, 3.05) is 13.2 Å². The Morgan fingerprint density at radius 1 is 0.244 bits per heavy atom. The second kappa shape index (κ2) is 41.8. The maximum absolute atomic E-state index is 13.1. The molecule has 0 aliphatic heterocycles. The van der Waals surface area contributed by atoms with Crippen LogP contribution in [0.3, 0.4) is 0 Å². The summed E-state index contributed by atoms with van der Waals surface area (Å²) in [5.41, 5.74) is 2.98. The van der Waals surface area contributed by atoms with Gasteiger partial charge in [0.05, 0.1) is 35.5 Å². The summed E-state index contributed by atoms with van der Waals surface area (Å²) in [4.78, 5) is 52.3. The minimum Gasteiger partial charge on any atom is -0.494 e. The Labute approximate surface area is 515 Å². The fraction of sp³-hybridized carbons (Fsp3) is 0.474. The molecule has 6 aromatic carbocycles. The average molecular weight is 1170 g/mol. The van der Waals surface area contributed by atoms with E-state index < -0.39 is 23.9 Å². The summed E-state index contributed by atoms with van der Waals surface area (Å²) in [6, 6.07) is 40.3. The van der Waals surface area contributed by atoms with E-state index in [9.17, 15) is 19.2 Å². The van der Waals surface area contributed by atoms with Crippen LogP contribution in [0.1, 0.15) is 261 Å². The Morgan fingerprint density at radius 2 is 0.488 bits per heavy atom. The topological polar surface area (TPSA) is 124 Å². The molecule has 0 spiro atoms. The first-order valence-corrected chi connectivity index (χ1v) is 33.0. The van der Waals surface area contributed by atoms with Gasteiger partial charge in [-0.1, -0.05) is 237 Å². The lowest BCUT2D eigenvalue weighted by molar-refractivity contribution is 0.0712. The first-order chi connectivity index (χ1) is 42.3. The van der Waals surface area contributed by atoms with E-state index in [1.54, 1.807) is 48.5 Å².